The van der Waals surface area contributed by atoms with Crippen LogP contribution in [0.5, 0.6) is 0 Å². The smallest absolute Gasteiger partial charge is 0.227 e. The highest BCUT2D eigenvalue weighted by Gasteiger charge is 2.27. The van der Waals surface area contributed by atoms with Crippen molar-refractivity contribution in [2.75, 3.05) is 32.4 Å². The highest BCUT2D eigenvalue weighted by atomic mass is 32.2. The maximum atomic E-state index is 13.2. The third-order valence-electron chi connectivity index (χ3n) is 7.78. The van der Waals surface area contributed by atoms with Crippen LogP contribution >= 0.6 is 0 Å². The molecule has 5 nitrogen and oxygen atoms in total. The van der Waals surface area contributed by atoms with Gasteiger partial charge in [0.05, 0.1) is 11.3 Å². The topological polar surface area (TPSA) is 57.7 Å². The number of likely N-dealkylation sites (tertiary alicyclic amines) is 1. The summed E-state index contributed by atoms with van der Waals surface area (Å²) in [4.78, 5) is 18.0. The fourth-order valence-electron chi connectivity index (χ4n) is 5.55. The Balaban J connectivity index is 1.32. The summed E-state index contributed by atoms with van der Waals surface area (Å²) >= 11 is 0. The van der Waals surface area contributed by atoms with Crippen molar-refractivity contribution in [2.24, 2.45) is 0 Å². The maximum absolute atomic E-state index is 13.2. The molecule has 0 aromatic heterocycles. The number of carbonyl (C=O) groups is 1. The molecule has 202 valence electrons. The predicted octanol–water partition coefficient (Wildman–Crippen LogP) is 5.48. The number of amides is 1. The maximum Gasteiger partial charge on any atom is 0.227 e. The van der Waals surface area contributed by atoms with Crippen LogP contribution in [0.25, 0.3) is 0 Å². The number of piperidine rings is 1. The van der Waals surface area contributed by atoms with Crippen molar-refractivity contribution in [1.29, 1.82) is 0 Å². The number of benzene rings is 3. The first-order valence-corrected chi connectivity index (χ1v) is 15.6. The van der Waals surface area contributed by atoms with E-state index in [1.807, 2.05) is 11.8 Å². The minimum atomic E-state index is -3.24. The third kappa shape index (κ3) is 7.33. The number of carbonyl (C=O) groups excluding carboxylic acids is 1. The summed E-state index contributed by atoms with van der Waals surface area (Å²) in [6.07, 6.45) is 4.52. The molecule has 4 rings (SSSR count). The van der Waals surface area contributed by atoms with E-state index in [1.54, 1.807) is 24.3 Å². The van der Waals surface area contributed by atoms with Crippen LogP contribution in [0.4, 0.5) is 0 Å². The van der Waals surface area contributed by atoms with Gasteiger partial charge in [-0.05, 0) is 68.5 Å². The third-order valence-corrected chi connectivity index (χ3v) is 8.91. The normalized spacial score (nSPS) is 15.8. The summed E-state index contributed by atoms with van der Waals surface area (Å²) in [5.41, 5.74) is 4.85. The molecule has 1 aliphatic rings. The molecule has 0 bridgehead atoms. The van der Waals surface area contributed by atoms with Gasteiger partial charge in [0.2, 0.25) is 5.91 Å². The number of hydrogen-bond donors (Lipinski definition) is 0. The van der Waals surface area contributed by atoms with Gasteiger partial charge in [0.1, 0.15) is 0 Å². The zero-order chi connectivity index (χ0) is 27.1. The predicted molar refractivity (Wildman–Crippen MR) is 154 cm³/mol. The van der Waals surface area contributed by atoms with Crippen LogP contribution < -0.4 is 0 Å². The van der Waals surface area contributed by atoms with E-state index in [0.29, 0.717) is 18.9 Å². The van der Waals surface area contributed by atoms with E-state index >= 15 is 0 Å². The van der Waals surface area contributed by atoms with Gasteiger partial charge in [-0.15, -0.1) is 0 Å². The molecule has 38 heavy (non-hydrogen) atoms. The van der Waals surface area contributed by atoms with Crippen LogP contribution in [0.15, 0.2) is 83.8 Å². The van der Waals surface area contributed by atoms with Crippen molar-refractivity contribution in [2.45, 2.75) is 56.4 Å². The summed E-state index contributed by atoms with van der Waals surface area (Å²) in [6, 6.07) is 26.6. The van der Waals surface area contributed by atoms with E-state index in [4.69, 9.17) is 0 Å². The van der Waals surface area contributed by atoms with E-state index in [9.17, 15) is 13.2 Å². The van der Waals surface area contributed by atoms with E-state index in [0.717, 1.165) is 44.5 Å². The first-order valence-electron chi connectivity index (χ1n) is 13.7. The lowest BCUT2D eigenvalue weighted by Crippen LogP contribution is -2.48. The van der Waals surface area contributed by atoms with Gasteiger partial charge in [0.25, 0.3) is 0 Å². The fraction of sp³-hybridized carbons (Fsp3) is 0.406. The molecule has 1 heterocycles. The largest absolute Gasteiger partial charge is 0.340 e. The second kappa shape index (κ2) is 12.7. The van der Waals surface area contributed by atoms with E-state index in [-0.39, 0.29) is 16.8 Å². The molecule has 1 fully saturated rings. The molecule has 0 aliphatic carbocycles. The van der Waals surface area contributed by atoms with E-state index < -0.39 is 9.84 Å². The van der Waals surface area contributed by atoms with Crippen LogP contribution in [0, 0.1) is 6.92 Å². The number of likely N-dealkylation sites (N-methyl/N-ethyl adjacent to an activating group) is 1. The van der Waals surface area contributed by atoms with Crippen molar-refractivity contribution in [1.82, 2.24) is 9.80 Å². The van der Waals surface area contributed by atoms with Gasteiger partial charge < -0.3 is 9.80 Å². The summed E-state index contributed by atoms with van der Waals surface area (Å²) in [5.74, 6) is 0.485. The number of nitrogens with zero attached hydrogens (tertiary/aromatic N) is 2. The average molecular weight is 533 g/mol. The summed E-state index contributed by atoms with van der Waals surface area (Å²) in [6.45, 7) is 7.88. The molecule has 1 atom stereocenters. The number of sulfone groups is 1. The molecule has 0 radical (unpaired) electrons. The van der Waals surface area contributed by atoms with Crippen molar-refractivity contribution in [3.05, 3.63) is 101 Å². The Morgan fingerprint density at radius 3 is 2.11 bits per heavy atom. The SMILES string of the molecule is CCN(C(=O)Cc1ccc(S(C)(=O)=O)cc1)C1CCN(CCC(c2ccccc2)c2ccc(C)cc2)CC1. The van der Waals surface area contributed by atoms with Crippen molar-refractivity contribution < 1.29 is 13.2 Å². The quantitative estimate of drug-likeness (QED) is 0.347. The number of rotatable bonds is 10. The van der Waals surface area contributed by atoms with Crippen LogP contribution in [0.2, 0.25) is 0 Å². The second-order valence-electron chi connectivity index (χ2n) is 10.5. The molecule has 0 N–H and O–H groups in total. The lowest BCUT2D eigenvalue weighted by Gasteiger charge is -2.38. The molecule has 0 saturated carbocycles. The average Bonchev–Trinajstić information content (AvgIpc) is 2.91. The van der Waals surface area contributed by atoms with Gasteiger partial charge in [-0.2, -0.15) is 0 Å². The highest BCUT2D eigenvalue weighted by Crippen LogP contribution is 2.29. The minimum absolute atomic E-state index is 0.113. The summed E-state index contributed by atoms with van der Waals surface area (Å²) in [5, 5.41) is 0. The van der Waals surface area contributed by atoms with E-state index in [2.05, 4.69) is 66.4 Å². The first-order chi connectivity index (χ1) is 18.2. The van der Waals surface area contributed by atoms with Gasteiger partial charge in [-0.1, -0.05) is 72.3 Å². The van der Waals surface area contributed by atoms with Crippen LogP contribution in [-0.2, 0) is 21.1 Å². The van der Waals surface area contributed by atoms with E-state index in [1.165, 1.54) is 22.9 Å². The molecule has 1 amide bonds. The molecule has 3 aromatic carbocycles. The lowest BCUT2D eigenvalue weighted by molar-refractivity contribution is -0.133. The lowest BCUT2D eigenvalue weighted by atomic mass is 9.87. The monoisotopic (exact) mass is 532 g/mol. The first kappa shape index (κ1) is 28.1. The summed E-state index contributed by atoms with van der Waals surface area (Å²) < 4.78 is 23.4. The molecule has 1 aliphatic heterocycles. The van der Waals surface area contributed by atoms with Gasteiger partial charge in [0.15, 0.2) is 9.84 Å². The van der Waals surface area contributed by atoms with Crippen LogP contribution in [0.3, 0.4) is 0 Å². The number of hydrogen-bond acceptors (Lipinski definition) is 4. The Labute approximate surface area is 228 Å². The standard InChI is InChI=1S/C32H40N2O3S/c1-4-34(32(35)24-26-12-16-30(17-13-26)38(3,36)37)29-18-21-33(22-19-29)23-20-31(27-8-6-5-7-9-27)28-14-10-25(2)11-15-28/h5-17,29,31H,4,18-24H2,1-3H3. The molecule has 1 saturated heterocycles. The Hall–Kier alpha value is -2.96. The zero-order valence-corrected chi connectivity index (χ0v) is 23.7. The zero-order valence-electron chi connectivity index (χ0n) is 22.8. The Morgan fingerprint density at radius 1 is 0.921 bits per heavy atom. The molecule has 0 spiro atoms. The minimum Gasteiger partial charge on any atom is -0.340 e. The van der Waals surface area contributed by atoms with Gasteiger partial charge in [0, 0.05) is 37.8 Å². The molecule has 6 heteroatoms. The summed E-state index contributed by atoms with van der Waals surface area (Å²) in [7, 11) is -3.24. The Kier molecular flexibility index (Phi) is 9.40. The van der Waals surface area contributed by atoms with Crippen molar-refractivity contribution >= 4 is 15.7 Å². The van der Waals surface area contributed by atoms with Gasteiger partial charge in [-0.25, -0.2) is 8.42 Å². The van der Waals surface area contributed by atoms with Crippen LogP contribution in [-0.4, -0.2) is 62.6 Å². The molecular weight excluding hydrogens is 492 g/mol. The Morgan fingerprint density at radius 2 is 1.53 bits per heavy atom. The van der Waals surface area contributed by atoms with Crippen LogP contribution in [0.1, 0.15) is 54.4 Å². The second-order valence-corrected chi connectivity index (χ2v) is 12.5. The van der Waals surface area contributed by atoms with Gasteiger partial charge >= 0.3 is 0 Å². The van der Waals surface area contributed by atoms with Gasteiger partial charge in [-0.3, -0.25) is 4.79 Å². The van der Waals surface area contributed by atoms with Crippen molar-refractivity contribution in [3.8, 4) is 0 Å². The fourth-order valence-corrected chi connectivity index (χ4v) is 6.18. The molecular formula is C32H40N2O3S. The highest BCUT2D eigenvalue weighted by molar-refractivity contribution is 7.90. The molecule has 3 aromatic rings. The number of aryl methyl sites for hydroxylation is 1. The molecule has 1 unspecified atom stereocenters. The Bertz CT molecular complexity index is 1280. The van der Waals surface area contributed by atoms with Crippen molar-refractivity contribution in [3.63, 3.8) is 0 Å².